The quantitative estimate of drug-likeness (QED) is 0.560. The number of hydrogen-bond acceptors (Lipinski definition) is 4. The van der Waals surface area contributed by atoms with Crippen molar-refractivity contribution in [2.24, 2.45) is 5.41 Å². The van der Waals surface area contributed by atoms with E-state index in [1.54, 1.807) is 24.3 Å². The first-order valence-electron chi connectivity index (χ1n) is 12.8. The number of nitrogens with one attached hydrogen (secondary N) is 1. The average molecular weight is 477 g/mol. The van der Waals surface area contributed by atoms with Gasteiger partial charge in [0.15, 0.2) is 6.10 Å². The van der Waals surface area contributed by atoms with Crippen molar-refractivity contribution in [3.63, 3.8) is 0 Å². The molecule has 0 aromatic heterocycles. The smallest absolute Gasteiger partial charge is 0.338 e. The Hall–Kier alpha value is -3.15. The molecule has 2 unspecified atom stereocenters. The summed E-state index contributed by atoms with van der Waals surface area (Å²) in [5.74, 6) is -0.923. The van der Waals surface area contributed by atoms with Gasteiger partial charge >= 0.3 is 5.97 Å². The molecule has 0 radical (unpaired) electrons. The van der Waals surface area contributed by atoms with E-state index in [9.17, 15) is 14.4 Å². The van der Waals surface area contributed by atoms with Crippen LogP contribution in [-0.2, 0) is 14.3 Å². The highest BCUT2D eigenvalue weighted by Gasteiger charge is 2.44. The molecule has 2 aromatic carbocycles. The summed E-state index contributed by atoms with van der Waals surface area (Å²) < 4.78 is 5.87. The monoisotopic (exact) mass is 476 g/mol. The summed E-state index contributed by atoms with van der Waals surface area (Å²) in [6.07, 6.45) is 4.97. The van der Waals surface area contributed by atoms with E-state index in [1.165, 1.54) is 6.42 Å². The molecule has 186 valence electrons. The minimum absolute atomic E-state index is 0.0603. The van der Waals surface area contributed by atoms with E-state index in [0.717, 1.165) is 37.7 Å². The highest BCUT2D eigenvalue weighted by atomic mass is 16.5. The standard InChI is InChI=1S/C29H36N2O4/c1-29(2,20-31-19-18-24(27(31)33)21-12-6-3-7-13-21)25(26(32)30-23-16-10-5-11-17-23)35-28(34)22-14-8-4-9-15-22/h3-4,6-9,12-15,23-25H,5,10-11,16-20H2,1-2H3,(H,30,32). The fourth-order valence-electron chi connectivity index (χ4n) is 5.31. The van der Waals surface area contributed by atoms with Crippen molar-refractivity contribution in [3.8, 4) is 0 Å². The molecule has 0 bridgehead atoms. The normalized spacial score (nSPS) is 19.9. The average Bonchev–Trinajstić information content (AvgIpc) is 3.23. The molecule has 6 heteroatoms. The van der Waals surface area contributed by atoms with Crippen LogP contribution in [0, 0.1) is 5.41 Å². The van der Waals surface area contributed by atoms with Gasteiger partial charge < -0.3 is 15.0 Å². The summed E-state index contributed by atoms with van der Waals surface area (Å²) in [7, 11) is 0. The van der Waals surface area contributed by atoms with E-state index in [2.05, 4.69) is 5.32 Å². The molecule has 1 aliphatic heterocycles. The third kappa shape index (κ3) is 6.11. The maximum Gasteiger partial charge on any atom is 0.338 e. The zero-order chi connectivity index (χ0) is 24.8. The summed E-state index contributed by atoms with van der Waals surface area (Å²) in [5.41, 5.74) is 0.643. The van der Waals surface area contributed by atoms with Crippen molar-refractivity contribution in [2.45, 2.75) is 70.4 Å². The minimum atomic E-state index is -1.01. The SMILES string of the molecule is CC(C)(CN1CCC(c2ccccc2)C1=O)C(OC(=O)c1ccccc1)C(=O)NC1CCCCC1. The molecule has 1 saturated heterocycles. The number of esters is 1. The van der Waals surface area contributed by atoms with Crippen molar-refractivity contribution in [3.05, 3.63) is 71.8 Å². The molecular weight excluding hydrogens is 440 g/mol. The maximum atomic E-state index is 13.5. The number of carbonyl (C=O) groups excluding carboxylic acids is 3. The summed E-state index contributed by atoms with van der Waals surface area (Å²) in [6.45, 7) is 4.75. The Balaban J connectivity index is 1.50. The predicted octanol–water partition coefficient (Wildman–Crippen LogP) is 4.70. The van der Waals surface area contributed by atoms with Gasteiger partial charge in [0.1, 0.15) is 0 Å². The third-order valence-electron chi connectivity index (χ3n) is 7.23. The number of hydrogen-bond donors (Lipinski definition) is 1. The number of nitrogens with zero attached hydrogens (tertiary/aromatic N) is 1. The molecular formula is C29H36N2O4. The molecule has 6 nitrogen and oxygen atoms in total. The van der Waals surface area contributed by atoms with E-state index in [-0.39, 0.29) is 23.8 Å². The van der Waals surface area contributed by atoms with Gasteiger partial charge in [0.2, 0.25) is 5.91 Å². The number of likely N-dealkylation sites (tertiary alicyclic amines) is 1. The first-order valence-corrected chi connectivity index (χ1v) is 12.8. The lowest BCUT2D eigenvalue weighted by Crippen LogP contribution is -2.53. The highest BCUT2D eigenvalue weighted by molar-refractivity contribution is 5.92. The van der Waals surface area contributed by atoms with Crippen LogP contribution in [0.1, 0.15) is 74.2 Å². The van der Waals surface area contributed by atoms with Crippen molar-refractivity contribution < 1.29 is 19.1 Å². The van der Waals surface area contributed by atoms with Crippen molar-refractivity contribution >= 4 is 17.8 Å². The van der Waals surface area contributed by atoms with Crippen LogP contribution < -0.4 is 5.32 Å². The lowest BCUT2D eigenvalue weighted by molar-refractivity contribution is -0.141. The molecule has 1 aliphatic carbocycles. The van der Waals surface area contributed by atoms with Gasteiger partial charge in [-0.2, -0.15) is 0 Å². The molecule has 4 rings (SSSR count). The summed E-state index contributed by atoms with van der Waals surface area (Å²) >= 11 is 0. The molecule has 35 heavy (non-hydrogen) atoms. The summed E-state index contributed by atoms with van der Waals surface area (Å²) in [4.78, 5) is 41.5. The lowest BCUT2D eigenvalue weighted by atomic mass is 9.84. The van der Waals surface area contributed by atoms with E-state index >= 15 is 0 Å². The molecule has 1 heterocycles. The topological polar surface area (TPSA) is 75.7 Å². The first-order chi connectivity index (χ1) is 16.8. The molecule has 2 fully saturated rings. The van der Waals surface area contributed by atoms with Crippen LogP contribution in [0.5, 0.6) is 0 Å². The lowest BCUT2D eigenvalue weighted by Gasteiger charge is -2.37. The Morgan fingerprint density at radius 3 is 2.26 bits per heavy atom. The molecule has 2 amide bonds. The minimum Gasteiger partial charge on any atom is -0.448 e. The van der Waals surface area contributed by atoms with E-state index in [4.69, 9.17) is 4.74 Å². The molecule has 1 N–H and O–H groups in total. The van der Waals surface area contributed by atoms with Gasteiger partial charge in [-0.3, -0.25) is 9.59 Å². The van der Waals surface area contributed by atoms with Crippen molar-refractivity contribution in [2.75, 3.05) is 13.1 Å². The fraction of sp³-hybridized carbons (Fsp3) is 0.483. The Bertz CT molecular complexity index is 1020. The van der Waals surface area contributed by atoms with E-state index in [1.807, 2.05) is 55.1 Å². The largest absolute Gasteiger partial charge is 0.448 e. The van der Waals surface area contributed by atoms with Crippen molar-refractivity contribution in [1.82, 2.24) is 10.2 Å². The van der Waals surface area contributed by atoms with Gasteiger partial charge in [0.05, 0.1) is 11.5 Å². The second-order valence-corrected chi connectivity index (χ2v) is 10.5. The number of carbonyl (C=O) groups is 3. The second-order valence-electron chi connectivity index (χ2n) is 10.5. The van der Waals surface area contributed by atoms with Crippen LogP contribution >= 0.6 is 0 Å². The summed E-state index contributed by atoms with van der Waals surface area (Å²) in [5, 5.41) is 3.13. The number of benzene rings is 2. The Morgan fingerprint density at radius 2 is 1.60 bits per heavy atom. The third-order valence-corrected chi connectivity index (χ3v) is 7.23. The number of rotatable bonds is 8. The predicted molar refractivity (Wildman–Crippen MR) is 135 cm³/mol. The van der Waals surface area contributed by atoms with Gasteiger partial charge in [-0.25, -0.2) is 4.79 Å². The van der Waals surface area contributed by atoms with Gasteiger partial charge in [-0.1, -0.05) is 81.6 Å². The van der Waals surface area contributed by atoms with Gasteiger partial charge in [-0.15, -0.1) is 0 Å². The molecule has 2 atom stereocenters. The first kappa shape index (κ1) is 25.0. The number of amides is 2. The molecule has 2 aromatic rings. The van der Waals surface area contributed by atoms with Crippen LogP contribution in [0.25, 0.3) is 0 Å². The van der Waals surface area contributed by atoms with Crippen LogP contribution in [-0.4, -0.2) is 47.9 Å². The van der Waals surface area contributed by atoms with Crippen LogP contribution in [0.15, 0.2) is 60.7 Å². The van der Waals surface area contributed by atoms with Gasteiger partial charge in [-0.05, 0) is 37.0 Å². The van der Waals surface area contributed by atoms with Gasteiger partial charge in [0.25, 0.3) is 5.91 Å². The van der Waals surface area contributed by atoms with Crippen LogP contribution in [0.4, 0.5) is 0 Å². The zero-order valence-electron chi connectivity index (χ0n) is 20.7. The molecule has 2 aliphatic rings. The maximum absolute atomic E-state index is 13.5. The number of ether oxygens (including phenoxy) is 1. The zero-order valence-corrected chi connectivity index (χ0v) is 20.7. The van der Waals surface area contributed by atoms with Crippen LogP contribution in [0.3, 0.4) is 0 Å². The van der Waals surface area contributed by atoms with Crippen LogP contribution in [0.2, 0.25) is 0 Å². The summed E-state index contributed by atoms with van der Waals surface area (Å²) in [6, 6.07) is 18.6. The fourth-order valence-corrected chi connectivity index (χ4v) is 5.31. The molecule has 1 saturated carbocycles. The highest BCUT2D eigenvalue weighted by Crippen LogP contribution is 2.33. The Labute approximate surface area is 208 Å². The van der Waals surface area contributed by atoms with Gasteiger partial charge in [0, 0.05) is 24.5 Å². The Morgan fingerprint density at radius 1 is 0.971 bits per heavy atom. The second kappa shape index (κ2) is 11.1. The van der Waals surface area contributed by atoms with E-state index in [0.29, 0.717) is 18.7 Å². The molecule has 0 spiro atoms. The Kier molecular flexibility index (Phi) is 7.89. The van der Waals surface area contributed by atoms with Crippen molar-refractivity contribution in [1.29, 1.82) is 0 Å². The van der Waals surface area contributed by atoms with E-state index < -0.39 is 17.5 Å².